The Morgan fingerprint density at radius 2 is 2.29 bits per heavy atom. The highest BCUT2D eigenvalue weighted by atomic mass is 35.5. The first-order chi connectivity index (χ1) is 6.68. The summed E-state index contributed by atoms with van der Waals surface area (Å²) in [7, 11) is 0. The molecule has 1 aromatic rings. The first-order valence-corrected chi connectivity index (χ1v) is 4.86. The van der Waals surface area contributed by atoms with Gasteiger partial charge in [-0.15, -0.1) is 0 Å². The summed E-state index contributed by atoms with van der Waals surface area (Å²) < 4.78 is 18.4. The van der Waals surface area contributed by atoms with Crippen molar-refractivity contribution in [2.75, 3.05) is 6.61 Å². The van der Waals surface area contributed by atoms with Crippen molar-refractivity contribution in [3.63, 3.8) is 0 Å². The Labute approximate surface area is 86.3 Å². The van der Waals surface area contributed by atoms with Crippen molar-refractivity contribution in [2.24, 2.45) is 0 Å². The van der Waals surface area contributed by atoms with Crippen LogP contribution >= 0.6 is 11.6 Å². The van der Waals surface area contributed by atoms with Gasteiger partial charge in [0.2, 0.25) is 0 Å². The molecular formula is C10H10ClFO2. The van der Waals surface area contributed by atoms with E-state index >= 15 is 0 Å². The normalized spacial score (nSPS) is 20.9. The highest BCUT2D eigenvalue weighted by Gasteiger charge is 2.20. The van der Waals surface area contributed by atoms with Crippen LogP contribution in [0, 0.1) is 5.82 Å². The molecule has 1 N–H and O–H groups in total. The summed E-state index contributed by atoms with van der Waals surface area (Å²) in [6, 6.07) is 2.47. The zero-order valence-electron chi connectivity index (χ0n) is 7.46. The molecule has 1 aliphatic heterocycles. The van der Waals surface area contributed by atoms with Crippen molar-refractivity contribution >= 4 is 11.6 Å². The summed E-state index contributed by atoms with van der Waals surface area (Å²) in [4.78, 5) is 0. The highest BCUT2D eigenvalue weighted by molar-refractivity contribution is 6.32. The Kier molecular flexibility index (Phi) is 2.61. The first kappa shape index (κ1) is 9.74. The number of hydrogen-bond acceptors (Lipinski definition) is 2. The smallest absolute Gasteiger partial charge is 0.143 e. The fraction of sp³-hybridized carbons (Fsp3) is 0.400. The van der Waals surface area contributed by atoms with Crippen LogP contribution in [0.5, 0.6) is 5.75 Å². The lowest BCUT2D eigenvalue weighted by Crippen LogP contribution is -1.98. The van der Waals surface area contributed by atoms with Crippen LogP contribution in [0.2, 0.25) is 5.02 Å². The maximum atomic E-state index is 13.0. The summed E-state index contributed by atoms with van der Waals surface area (Å²) >= 11 is 5.81. The van der Waals surface area contributed by atoms with E-state index in [1.54, 1.807) is 0 Å². The summed E-state index contributed by atoms with van der Waals surface area (Å²) in [5.74, 6) is -0.0311. The van der Waals surface area contributed by atoms with Crippen LogP contribution < -0.4 is 4.74 Å². The number of rotatable bonds is 0. The van der Waals surface area contributed by atoms with E-state index in [-0.39, 0.29) is 5.02 Å². The average Bonchev–Trinajstić information content (AvgIpc) is 2.29. The van der Waals surface area contributed by atoms with Gasteiger partial charge in [-0.1, -0.05) is 11.6 Å². The van der Waals surface area contributed by atoms with E-state index < -0.39 is 11.9 Å². The molecular weight excluding hydrogens is 207 g/mol. The van der Waals surface area contributed by atoms with Gasteiger partial charge in [0.15, 0.2) is 0 Å². The number of benzene rings is 1. The predicted molar refractivity (Wildman–Crippen MR) is 51.1 cm³/mol. The predicted octanol–water partition coefficient (Wildman–Crippen LogP) is 2.69. The van der Waals surface area contributed by atoms with Gasteiger partial charge in [-0.3, -0.25) is 0 Å². The number of halogens is 2. The molecule has 0 aromatic heterocycles. The Balaban J connectivity index is 2.53. The summed E-state index contributed by atoms with van der Waals surface area (Å²) in [6.07, 6.45) is 0.640. The number of hydrogen-bond donors (Lipinski definition) is 1. The molecule has 76 valence electrons. The molecule has 14 heavy (non-hydrogen) atoms. The third-order valence-corrected chi connectivity index (χ3v) is 2.55. The number of fused-ring (bicyclic) bond motifs is 1. The molecule has 0 saturated carbocycles. The Bertz CT molecular complexity index is 354. The van der Waals surface area contributed by atoms with E-state index in [0.717, 1.165) is 6.42 Å². The molecule has 2 nitrogen and oxygen atoms in total. The van der Waals surface area contributed by atoms with E-state index in [1.807, 2.05) is 0 Å². The molecule has 2 rings (SSSR count). The molecule has 1 aromatic carbocycles. The largest absolute Gasteiger partial charge is 0.492 e. The van der Waals surface area contributed by atoms with Crippen LogP contribution in [0.15, 0.2) is 12.1 Å². The average molecular weight is 217 g/mol. The van der Waals surface area contributed by atoms with Gasteiger partial charge in [-0.05, 0) is 25.0 Å². The molecule has 0 fully saturated rings. The van der Waals surface area contributed by atoms with Gasteiger partial charge in [0.05, 0.1) is 17.7 Å². The van der Waals surface area contributed by atoms with E-state index in [9.17, 15) is 9.50 Å². The molecule has 1 aliphatic rings. The second-order valence-corrected chi connectivity index (χ2v) is 3.72. The molecule has 0 spiro atoms. The van der Waals surface area contributed by atoms with Crippen molar-refractivity contribution in [1.82, 2.24) is 0 Å². The minimum absolute atomic E-state index is 0.223. The van der Waals surface area contributed by atoms with E-state index in [0.29, 0.717) is 24.3 Å². The molecule has 0 amide bonds. The SMILES string of the molecule is OC1CCCOc2c(Cl)cc(F)cc21. The lowest BCUT2D eigenvalue weighted by atomic mass is 10.1. The second kappa shape index (κ2) is 3.75. The maximum Gasteiger partial charge on any atom is 0.143 e. The van der Waals surface area contributed by atoms with Crippen LogP contribution in [0.4, 0.5) is 4.39 Å². The van der Waals surface area contributed by atoms with Crippen LogP contribution in [-0.2, 0) is 0 Å². The molecule has 1 heterocycles. The Hall–Kier alpha value is -0.800. The zero-order valence-corrected chi connectivity index (χ0v) is 8.22. The van der Waals surface area contributed by atoms with Gasteiger partial charge >= 0.3 is 0 Å². The number of aliphatic hydroxyl groups excluding tert-OH is 1. The minimum Gasteiger partial charge on any atom is -0.492 e. The van der Waals surface area contributed by atoms with E-state index in [4.69, 9.17) is 16.3 Å². The van der Waals surface area contributed by atoms with Crippen molar-refractivity contribution < 1.29 is 14.2 Å². The van der Waals surface area contributed by atoms with Crippen molar-refractivity contribution in [3.05, 3.63) is 28.5 Å². The topological polar surface area (TPSA) is 29.5 Å². The quantitative estimate of drug-likeness (QED) is 0.723. The third kappa shape index (κ3) is 1.70. The summed E-state index contributed by atoms with van der Waals surface area (Å²) in [5.41, 5.74) is 0.451. The number of aliphatic hydroxyl groups is 1. The van der Waals surface area contributed by atoms with Crippen LogP contribution in [0.25, 0.3) is 0 Å². The molecule has 0 aliphatic carbocycles. The lowest BCUT2D eigenvalue weighted by molar-refractivity contribution is 0.167. The van der Waals surface area contributed by atoms with Gasteiger partial charge < -0.3 is 9.84 Å². The molecule has 1 unspecified atom stereocenters. The lowest BCUT2D eigenvalue weighted by Gasteiger charge is -2.12. The standard InChI is InChI=1S/C10H10ClFO2/c11-8-5-6(12)4-7-9(13)2-1-3-14-10(7)8/h4-5,9,13H,1-3H2. The number of ether oxygens (including phenoxy) is 1. The van der Waals surface area contributed by atoms with Gasteiger partial charge in [0.25, 0.3) is 0 Å². The van der Waals surface area contributed by atoms with Gasteiger partial charge in [-0.2, -0.15) is 0 Å². The van der Waals surface area contributed by atoms with Gasteiger partial charge in [0, 0.05) is 5.56 Å². The summed E-state index contributed by atoms with van der Waals surface area (Å²) in [5, 5.41) is 9.91. The minimum atomic E-state index is -0.680. The zero-order chi connectivity index (χ0) is 10.1. The second-order valence-electron chi connectivity index (χ2n) is 3.31. The molecule has 0 saturated heterocycles. The van der Waals surface area contributed by atoms with E-state index in [2.05, 4.69) is 0 Å². The van der Waals surface area contributed by atoms with Gasteiger partial charge in [0.1, 0.15) is 11.6 Å². The van der Waals surface area contributed by atoms with Crippen molar-refractivity contribution in [1.29, 1.82) is 0 Å². The fourth-order valence-electron chi connectivity index (χ4n) is 1.59. The summed E-state index contributed by atoms with van der Waals surface area (Å²) in [6.45, 7) is 0.509. The van der Waals surface area contributed by atoms with Crippen molar-refractivity contribution in [2.45, 2.75) is 18.9 Å². The maximum absolute atomic E-state index is 13.0. The first-order valence-electron chi connectivity index (χ1n) is 4.48. The third-order valence-electron chi connectivity index (χ3n) is 2.26. The molecule has 4 heteroatoms. The van der Waals surface area contributed by atoms with Crippen LogP contribution in [0.1, 0.15) is 24.5 Å². The van der Waals surface area contributed by atoms with Crippen LogP contribution in [0.3, 0.4) is 0 Å². The fourth-order valence-corrected chi connectivity index (χ4v) is 1.85. The molecule has 0 radical (unpaired) electrons. The molecule has 1 atom stereocenters. The van der Waals surface area contributed by atoms with Crippen LogP contribution in [-0.4, -0.2) is 11.7 Å². The Morgan fingerprint density at radius 3 is 3.07 bits per heavy atom. The monoisotopic (exact) mass is 216 g/mol. The molecule has 0 bridgehead atoms. The highest BCUT2D eigenvalue weighted by Crippen LogP contribution is 2.37. The van der Waals surface area contributed by atoms with Crippen molar-refractivity contribution in [3.8, 4) is 5.75 Å². The Morgan fingerprint density at radius 1 is 1.50 bits per heavy atom. The van der Waals surface area contributed by atoms with E-state index in [1.165, 1.54) is 12.1 Å². The van der Waals surface area contributed by atoms with Gasteiger partial charge in [-0.25, -0.2) is 4.39 Å².